The molecule has 1 heterocycles. The lowest BCUT2D eigenvalue weighted by molar-refractivity contribution is -0.384. The smallest absolute Gasteiger partial charge is 0.271 e. The molecule has 2 aromatic carbocycles. The molecule has 0 unspecified atom stereocenters. The van der Waals surface area contributed by atoms with E-state index in [1.54, 1.807) is 24.3 Å². The van der Waals surface area contributed by atoms with Crippen molar-refractivity contribution in [3.05, 3.63) is 75.9 Å². The molecule has 3 N–H and O–H groups in total. The molecule has 0 amide bonds. The van der Waals surface area contributed by atoms with Gasteiger partial charge in [0, 0.05) is 29.2 Å². The van der Waals surface area contributed by atoms with E-state index in [4.69, 9.17) is 23.8 Å². The van der Waals surface area contributed by atoms with Gasteiger partial charge in [-0.15, -0.1) is 10.2 Å². The Morgan fingerprint density at radius 2 is 1.67 bits per heavy atom. The number of anilines is 4. The Morgan fingerprint density at radius 1 is 0.963 bits per heavy atom. The third kappa shape index (κ3) is 5.33. The van der Waals surface area contributed by atoms with Crippen molar-refractivity contribution in [1.29, 1.82) is 0 Å². The first-order chi connectivity index (χ1) is 13.0. The summed E-state index contributed by atoms with van der Waals surface area (Å²) in [7, 11) is 0. The van der Waals surface area contributed by atoms with Crippen LogP contribution in [-0.4, -0.2) is 20.2 Å². The van der Waals surface area contributed by atoms with E-state index < -0.39 is 4.92 Å². The van der Waals surface area contributed by atoms with Gasteiger partial charge in [-0.05, 0) is 54.7 Å². The molecule has 0 saturated carbocycles. The zero-order valence-electron chi connectivity index (χ0n) is 13.7. The van der Waals surface area contributed by atoms with Crippen LogP contribution >= 0.6 is 23.8 Å². The van der Waals surface area contributed by atoms with Gasteiger partial charge in [0.1, 0.15) is 0 Å². The minimum absolute atomic E-state index is 0.0106. The Morgan fingerprint density at radius 3 is 2.33 bits per heavy atom. The topological polar surface area (TPSA) is 105 Å². The average Bonchev–Trinajstić information content (AvgIpc) is 2.65. The normalized spacial score (nSPS) is 10.1. The fraction of sp³-hybridized carbons (Fsp3) is 0. The van der Waals surface area contributed by atoms with Crippen molar-refractivity contribution < 1.29 is 4.92 Å². The largest absolute Gasteiger partial charge is 0.339 e. The number of nitro benzene ring substituents is 1. The number of thiocarbonyl (C=S) groups is 1. The highest BCUT2D eigenvalue weighted by Crippen LogP contribution is 2.19. The predicted molar refractivity (Wildman–Crippen MR) is 110 cm³/mol. The summed E-state index contributed by atoms with van der Waals surface area (Å²) in [6, 6.07) is 16.8. The van der Waals surface area contributed by atoms with E-state index in [1.807, 2.05) is 24.3 Å². The molecule has 0 radical (unpaired) electrons. The summed E-state index contributed by atoms with van der Waals surface area (Å²) < 4.78 is 0. The highest BCUT2D eigenvalue weighted by atomic mass is 35.5. The first-order valence-electron chi connectivity index (χ1n) is 7.68. The van der Waals surface area contributed by atoms with E-state index in [1.165, 1.54) is 12.1 Å². The monoisotopic (exact) mass is 400 g/mol. The zero-order valence-corrected chi connectivity index (χ0v) is 15.3. The number of hydrogen-bond donors (Lipinski definition) is 3. The van der Waals surface area contributed by atoms with Crippen LogP contribution < -0.4 is 16.0 Å². The number of rotatable bonds is 5. The minimum Gasteiger partial charge on any atom is -0.339 e. The van der Waals surface area contributed by atoms with Crippen molar-refractivity contribution in [1.82, 2.24) is 10.2 Å². The fourth-order valence-electron chi connectivity index (χ4n) is 2.16. The maximum atomic E-state index is 10.8. The van der Waals surface area contributed by atoms with Gasteiger partial charge in [-0.1, -0.05) is 17.7 Å². The van der Waals surface area contributed by atoms with Crippen molar-refractivity contribution in [2.24, 2.45) is 0 Å². The molecule has 0 aliphatic heterocycles. The number of hydrogen-bond acceptors (Lipinski definition) is 6. The van der Waals surface area contributed by atoms with E-state index >= 15 is 0 Å². The average molecular weight is 401 g/mol. The summed E-state index contributed by atoms with van der Waals surface area (Å²) in [5, 5.41) is 28.2. The Labute approximate surface area is 164 Å². The van der Waals surface area contributed by atoms with Gasteiger partial charge in [0.2, 0.25) is 0 Å². The van der Waals surface area contributed by atoms with E-state index in [0.717, 1.165) is 11.4 Å². The van der Waals surface area contributed by atoms with Gasteiger partial charge < -0.3 is 16.0 Å². The van der Waals surface area contributed by atoms with Gasteiger partial charge in [0.05, 0.1) is 4.92 Å². The maximum Gasteiger partial charge on any atom is 0.271 e. The van der Waals surface area contributed by atoms with Crippen LogP contribution in [0.2, 0.25) is 5.15 Å². The summed E-state index contributed by atoms with van der Waals surface area (Å²) in [6.45, 7) is 0. The molecule has 8 nitrogen and oxygen atoms in total. The molecular formula is C17H13ClN6O2S. The third-order valence-corrected chi connectivity index (χ3v) is 3.77. The van der Waals surface area contributed by atoms with Crippen LogP contribution in [0.4, 0.5) is 28.6 Å². The van der Waals surface area contributed by atoms with Crippen LogP contribution in [0, 0.1) is 10.1 Å². The SMILES string of the molecule is O=[N+]([O-])c1cccc(NC(=S)Nc2ccc(Nc3ccc(Cl)nn3)cc2)c1. The number of nitrogens with zero attached hydrogens (tertiary/aromatic N) is 3. The highest BCUT2D eigenvalue weighted by Gasteiger charge is 2.07. The maximum absolute atomic E-state index is 10.8. The lowest BCUT2D eigenvalue weighted by Crippen LogP contribution is -2.19. The summed E-state index contributed by atoms with van der Waals surface area (Å²) in [4.78, 5) is 10.4. The Bertz CT molecular complexity index is 966. The molecule has 0 spiro atoms. The number of nitrogens with one attached hydrogen (secondary N) is 3. The third-order valence-electron chi connectivity index (χ3n) is 3.36. The van der Waals surface area contributed by atoms with Gasteiger partial charge in [-0.2, -0.15) is 0 Å². The van der Waals surface area contributed by atoms with Gasteiger partial charge in [0.25, 0.3) is 5.69 Å². The van der Waals surface area contributed by atoms with E-state index in [0.29, 0.717) is 21.8 Å². The second-order valence-electron chi connectivity index (χ2n) is 5.33. The first-order valence-corrected chi connectivity index (χ1v) is 8.47. The molecule has 0 aliphatic rings. The summed E-state index contributed by atoms with van der Waals surface area (Å²) >= 11 is 10.9. The number of nitro groups is 1. The highest BCUT2D eigenvalue weighted by molar-refractivity contribution is 7.80. The van der Waals surface area contributed by atoms with Crippen LogP contribution in [0.1, 0.15) is 0 Å². The van der Waals surface area contributed by atoms with Crippen molar-refractivity contribution >= 4 is 57.5 Å². The Balaban J connectivity index is 1.59. The van der Waals surface area contributed by atoms with Crippen LogP contribution in [0.25, 0.3) is 0 Å². The summed E-state index contributed by atoms with van der Waals surface area (Å²) in [5.41, 5.74) is 2.09. The molecule has 0 atom stereocenters. The van der Waals surface area contributed by atoms with E-state index in [2.05, 4.69) is 26.1 Å². The molecular weight excluding hydrogens is 388 g/mol. The molecule has 0 aliphatic carbocycles. The molecule has 1 aromatic heterocycles. The molecule has 0 saturated heterocycles. The molecule has 0 bridgehead atoms. The Kier molecular flexibility index (Phi) is 5.74. The zero-order chi connectivity index (χ0) is 19.2. The van der Waals surface area contributed by atoms with Gasteiger partial charge in [-0.3, -0.25) is 10.1 Å². The molecule has 27 heavy (non-hydrogen) atoms. The molecule has 3 aromatic rings. The number of benzene rings is 2. The summed E-state index contributed by atoms with van der Waals surface area (Å²) in [6.07, 6.45) is 0. The van der Waals surface area contributed by atoms with Crippen LogP contribution in [-0.2, 0) is 0 Å². The minimum atomic E-state index is -0.460. The van der Waals surface area contributed by atoms with E-state index in [9.17, 15) is 10.1 Å². The predicted octanol–water partition coefficient (Wildman–Crippen LogP) is 4.59. The summed E-state index contributed by atoms with van der Waals surface area (Å²) in [5.74, 6) is 0.572. The fourth-order valence-corrected chi connectivity index (χ4v) is 2.49. The first kappa shape index (κ1) is 18.5. The number of non-ortho nitro benzene ring substituents is 1. The second-order valence-corrected chi connectivity index (χ2v) is 6.13. The standard InChI is InChI=1S/C17H13ClN6O2S/c18-15-8-9-16(23-22-15)19-11-4-6-12(7-5-11)20-17(27)21-13-2-1-3-14(10-13)24(25)26/h1-10H,(H,19,23)(H2,20,21,27). The van der Waals surface area contributed by atoms with Gasteiger partial charge in [-0.25, -0.2) is 0 Å². The lowest BCUT2D eigenvalue weighted by Gasteiger charge is -2.11. The molecule has 10 heteroatoms. The second kappa shape index (κ2) is 8.39. The molecule has 136 valence electrons. The van der Waals surface area contributed by atoms with Crippen LogP contribution in [0.15, 0.2) is 60.7 Å². The Hall–Kier alpha value is -3.30. The molecule has 3 rings (SSSR count). The van der Waals surface area contributed by atoms with Crippen molar-refractivity contribution in [2.45, 2.75) is 0 Å². The number of aromatic nitrogens is 2. The van der Waals surface area contributed by atoms with E-state index in [-0.39, 0.29) is 5.69 Å². The molecule has 0 fully saturated rings. The lowest BCUT2D eigenvalue weighted by atomic mass is 10.2. The van der Waals surface area contributed by atoms with Crippen molar-refractivity contribution in [3.8, 4) is 0 Å². The van der Waals surface area contributed by atoms with Crippen LogP contribution in [0.3, 0.4) is 0 Å². The number of halogens is 1. The van der Waals surface area contributed by atoms with Gasteiger partial charge >= 0.3 is 0 Å². The van der Waals surface area contributed by atoms with Crippen molar-refractivity contribution in [2.75, 3.05) is 16.0 Å². The van der Waals surface area contributed by atoms with Gasteiger partial charge in [0.15, 0.2) is 16.1 Å². The quantitative estimate of drug-likeness (QED) is 0.324. The van der Waals surface area contributed by atoms with Crippen molar-refractivity contribution in [3.63, 3.8) is 0 Å². The van der Waals surface area contributed by atoms with Crippen LogP contribution in [0.5, 0.6) is 0 Å².